The number of rotatable bonds is 6. The lowest BCUT2D eigenvalue weighted by atomic mass is 9.74. The number of piperidine rings is 3. The molecule has 3 aliphatic rings. The molecular weight excluding hydrogens is 388 g/mol. The van der Waals surface area contributed by atoms with Crippen molar-refractivity contribution in [3.8, 4) is 17.0 Å². The van der Waals surface area contributed by atoms with Crippen molar-refractivity contribution in [3.05, 3.63) is 41.9 Å². The minimum atomic E-state index is -3.16. The molecule has 4 atom stereocenters. The molecular formula is C21H28N4O3S. The highest BCUT2D eigenvalue weighted by molar-refractivity contribution is 7.88. The molecule has 8 heteroatoms. The lowest BCUT2D eigenvalue weighted by molar-refractivity contribution is 0.0317. The fourth-order valence-electron chi connectivity index (χ4n) is 4.71. The van der Waals surface area contributed by atoms with E-state index in [1.54, 1.807) is 7.11 Å². The molecule has 3 fully saturated rings. The van der Waals surface area contributed by atoms with E-state index in [0.29, 0.717) is 18.4 Å². The largest absolute Gasteiger partial charge is 0.496 e. The second kappa shape index (κ2) is 8.01. The molecule has 1 aromatic heterocycles. The molecule has 7 nitrogen and oxygen atoms in total. The molecule has 5 rings (SSSR count). The molecule has 3 aliphatic heterocycles. The molecule has 1 N–H and O–H groups in total. The summed E-state index contributed by atoms with van der Waals surface area (Å²) in [4.78, 5) is 11.8. The number of methoxy groups -OCH3 is 1. The van der Waals surface area contributed by atoms with Crippen LogP contribution in [0.3, 0.4) is 0 Å². The molecule has 0 radical (unpaired) electrons. The zero-order valence-corrected chi connectivity index (χ0v) is 17.9. The van der Waals surface area contributed by atoms with Crippen LogP contribution in [0.4, 0.5) is 0 Å². The third kappa shape index (κ3) is 4.44. The Kier molecular flexibility index (Phi) is 5.59. The average molecular weight is 417 g/mol. The molecule has 2 bridgehead atoms. The highest BCUT2D eigenvalue weighted by atomic mass is 32.2. The fraction of sp³-hybridized carbons (Fsp3) is 0.524. The van der Waals surface area contributed by atoms with Gasteiger partial charge >= 0.3 is 0 Å². The van der Waals surface area contributed by atoms with Gasteiger partial charge in [-0.3, -0.25) is 4.90 Å². The lowest BCUT2D eigenvalue weighted by Gasteiger charge is -2.49. The van der Waals surface area contributed by atoms with Gasteiger partial charge in [0.1, 0.15) is 11.6 Å². The van der Waals surface area contributed by atoms with Gasteiger partial charge in [-0.15, -0.1) is 0 Å². The van der Waals surface area contributed by atoms with E-state index >= 15 is 0 Å². The van der Waals surface area contributed by atoms with Gasteiger partial charge in [0, 0.05) is 36.3 Å². The second-order valence-corrected chi connectivity index (χ2v) is 9.92. The van der Waals surface area contributed by atoms with Gasteiger partial charge in [-0.2, -0.15) is 0 Å². The van der Waals surface area contributed by atoms with Gasteiger partial charge in [0.05, 0.1) is 19.1 Å². The molecule has 4 heterocycles. The van der Waals surface area contributed by atoms with Crippen LogP contribution in [0.5, 0.6) is 5.75 Å². The number of aromatic nitrogens is 2. The first-order valence-corrected chi connectivity index (χ1v) is 11.9. The quantitative estimate of drug-likeness (QED) is 0.777. The lowest BCUT2D eigenvalue weighted by Crippen LogP contribution is -2.56. The summed E-state index contributed by atoms with van der Waals surface area (Å²) < 4.78 is 31.1. The van der Waals surface area contributed by atoms with Gasteiger partial charge in [-0.1, -0.05) is 12.1 Å². The monoisotopic (exact) mass is 416 g/mol. The molecule has 0 amide bonds. The number of aryl methyl sites for hydroxylation is 1. The van der Waals surface area contributed by atoms with Crippen LogP contribution in [0.15, 0.2) is 30.3 Å². The van der Waals surface area contributed by atoms with Crippen LogP contribution in [-0.4, -0.2) is 62.3 Å². The summed E-state index contributed by atoms with van der Waals surface area (Å²) >= 11 is 0. The molecule has 0 aliphatic carbocycles. The SMILES string of the molecule is COc1ccccc1-c1cc([C@@H]2CN3CC[C@H]2C[C@@H]3CNS(C)(=O)=O)nc(C)n1. The van der Waals surface area contributed by atoms with E-state index in [0.717, 1.165) is 54.5 Å². The number of fused-ring (bicyclic) bond motifs is 3. The number of sulfonamides is 1. The average Bonchev–Trinajstić information content (AvgIpc) is 2.71. The number of nitrogens with zero attached hydrogens (tertiary/aromatic N) is 3. The van der Waals surface area contributed by atoms with E-state index in [1.807, 2.05) is 31.2 Å². The number of hydrogen-bond acceptors (Lipinski definition) is 6. The molecule has 1 unspecified atom stereocenters. The Balaban J connectivity index is 1.58. The summed E-state index contributed by atoms with van der Waals surface area (Å²) in [7, 11) is -1.49. The Morgan fingerprint density at radius 3 is 2.76 bits per heavy atom. The van der Waals surface area contributed by atoms with E-state index in [4.69, 9.17) is 9.72 Å². The first-order chi connectivity index (χ1) is 13.8. The Morgan fingerprint density at radius 2 is 2.07 bits per heavy atom. The van der Waals surface area contributed by atoms with Gasteiger partial charge in [0.2, 0.25) is 10.0 Å². The highest BCUT2D eigenvalue weighted by Crippen LogP contribution is 2.42. The summed E-state index contributed by atoms with van der Waals surface area (Å²) in [5, 5.41) is 0. The Bertz CT molecular complexity index is 995. The molecule has 3 saturated heterocycles. The Labute approximate surface area is 172 Å². The number of hydrogen-bond donors (Lipinski definition) is 1. The maximum absolute atomic E-state index is 11.5. The van der Waals surface area contributed by atoms with Gasteiger partial charge < -0.3 is 4.74 Å². The summed E-state index contributed by atoms with van der Waals surface area (Å²) in [6.45, 7) is 4.34. The normalized spacial score (nSPS) is 26.4. The first kappa shape index (κ1) is 20.3. The summed E-state index contributed by atoms with van der Waals surface area (Å²) in [6, 6.07) is 10.3. The zero-order valence-electron chi connectivity index (χ0n) is 17.1. The fourth-order valence-corrected chi connectivity index (χ4v) is 5.20. The zero-order chi connectivity index (χ0) is 20.6. The smallest absolute Gasteiger partial charge is 0.208 e. The third-order valence-electron chi connectivity index (χ3n) is 6.08. The van der Waals surface area contributed by atoms with E-state index in [1.165, 1.54) is 6.26 Å². The summed E-state index contributed by atoms with van der Waals surface area (Å²) in [5.74, 6) is 2.41. The van der Waals surface area contributed by atoms with Crippen LogP contribution < -0.4 is 9.46 Å². The van der Waals surface area contributed by atoms with Crippen molar-refractivity contribution in [3.63, 3.8) is 0 Å². The molecule has 29 heavy (non-hydrogen) atoms. The number of ether oxygens (including phenoxy) is 1. The maximum atomic E-state index is 11.5. The van der Waals surface area contributed by atoms with Crippen molar-refractivity contribution in [2.75, 3.05) is 33.0 Å². The number of nitrogens with one attached hydrogen (secondary N) is 1. The topological polar surface area (TPSA) is 84.4 Å². The minimum absolute atomic E-state index is 0.261. The van der Waals surface area contributed by atoms with Crippen molar-refractivity contribution in [2.45, 2.75) is 31.7 Å². The van der Waals surface area contributed by atoms with Gasteiger partial charge in [-0.25, -0.2) is 23.1 Å². The van der Waals surface area contributed by atoms with Crippen LogP contribution in [0.1, 0.15) is 30.3 Å². The molecule has 0 saturated carbocycles. The van der Waals surface area contributed by atoms with Gasteiger partial charge in [0.15, 0.2) is 0 Å². The summed E-state index contributed by atoms with van der Waals surface area (Å²) in [6.07, 6.45) is 3.32. The maximum Gasteiger partial charge on any atom is 0.208 e. The van der Waals surface area contributed by atoms with E-state index in [9.17, 15) is 8.42 Å². The van der Waals surface area contributed by atoms with E-state index in [-0.39, 0.29) is 6.04 Å². The minimum Gasteiger partial charge on any atom is -0.496 e. The van der Waals surface area contributed by atoms with Crippen LogP contribution >= 0.6 is 0 Å². The highest BCUT2D eigenvalue weighted by Gasteiger charge is 2.41. The standard InChI is InChI=1S/C21H28N4O3S/c1-14-23-19(17-6-4-5-7-21(17)28-2)11-20(24-14)18-13-25-9-8-15(18)10-16(25)12-22-29(3,26)27/h4-7,11,15-16,18,22H,8-10,12-13H2,1-3H3/t15-,16+,18+/m0/s1. The van der Waals surface area contributed by atoms with Crippen LogP contribution in [0.25, 0.3) is 11.3 Å². The second-order valence-electron chi connectivity index (χ2n) is 8.09. The van der Waals surface area contributed by atoms with Crippen molar-refractivity contribution in [2.24, 2.45) is 5.92 Å². The third-order valence-corrected chi connectivity index (χ3v) is 6.77. The van der Waals surface area contributed by atoms with Gasteiger partial charge in [-0.05, 0) is 50.4 Å². The molecule has 2 aromatic rings. The number of para-hydroxylation sites is 1. The van der Waals surface area contributed by atoms with Crippen molar-refractivity contribution in [1.29, 1.82) is 0 Å². The number of benzene rings is 1. The predicted molar refractivity (Wildman–Crippen MR) is 112 cm³/mol. The van der Waals surface area contributed by atoms with Gasteiger partial charge in [0.25, 0.3) is 0 Å². The molecule has 1 aromatic carbocycles. The van der Waals surface area contributed by atoms with Crippen LogP contribution in [0, 0.1) is 12.8 Å². The predicted octanol–water partition coefficient (Wildman–Crippen LogP) is 2.19. The van der Waals surface area contributed by atoms with Crippen molar-refractivity contribution in [1.82, 2.24) is 19.6 Å². The summed E-state index contributed by atoms with van der Waals surface area (Å²) in [5.41, 5.74) is 2.93. The van der Waals surface area contributed by atoms with Crippen molar-refractivity contribution < 1.29 is 13.2 Å². The van der Waals surface area contributed by atoms with Crippen LogP contribution in [-0.2, 0) is 10.0 Å². The Morgan fingerprint density at radius 1 is 1.28 bits per heavy atom. The molecule has 156 valence electrons. The Hall–Kier alpha value is -2.03. The van der Waals surface area contributed by atoms with Crippen molar-refractivity contribution >= 4 is 10.0 Å². The van der Waals surface area contributed by atoms with E-state index < -0.39 is 10.0 Å². The van der Waals surface area contributed by atoms with E-state index in [2.05, 4.69) is 20.7 Å². The van der Waals surface area contributed by atoms with Crippen LogP contribution in [0.2, 0.25) is 0 Å². The first-order valence-electron chi connectivity index (χ1n) is 10.0. The molecule has 0 spiro atoms.